The summed E-state index contributed by atoms with van der Waals surface area (Å²) < 4.78 is 17.7. The molecule has 8 atom stereocenters. The lowest BCUT2D eigenvalue weighted by Crippen LogP contribution is -2.61. The lowest BCUT2D eigenvalue weighted by atomic mass is 9.99. The van der Waals surface area contributed by atoms with Gasteiger partial charge in [0, 0.05) is 6.42 Å². The molecular formula is C81H145NO10. The zero-order chi connectivity index (χ0) is 66.7. The van der Waals surface area contributed by atoms with Gasteiger partial charge in [0.05, 0.1) is 25.4 Å². The fourth-order valence-electron chi connectivity index (χ4n) is 12.0. The minimum Gasteiger partial charge on any atom is -0.454 e. The smallest absolute Gasteiger partial charge is 0.306 e. The van der Waals surface area contributed by atoms with Gasteiger partial charge in [-0.25, -0.2) is 0 Å². The van der Waals surface area contributed by atoms with Crippen molar-refractivity contribution in [2.45, 2.75) is 404 Å². The highest BCUT2D eigenvalue weighted by Gasteiger charge is 2.47. The molecule has 1 aliphatic rings. The van der Waals surface area contributed by atoms with Crippen molar-refractivity contribution in [2.75, 3.05) is 13.2 Å². The van der Waals surface area contributed by atoms with E-state index < -0.39 is 67.4 Å². The molecule has 534 valence electrons. The molecule has 8 unspecified atom stereocenters. The largest absolute Gasteiger partial charge is 0.454 e. The third-order valence-electron chi connectivity index (χ3n) is 18.0. The lowest BCUT2D eigenvalue weighted by molar-refractivity contribution is -0.305. The van der Waals surface area contributed by atoms with Gasteiger partial charge in [-0.05, 0) is 96.3 Å². The van der Waals surface area contributed by atoms with Crippen LogP contribution >= 0.6 is 0 Å². The second-order valence-corrected chi connectivity index (χ2v) is 26.7. The Morgan fingerprint density at radius 2 is 0.783 bits per heavy atom. The number of hydrogen-bond acceptors (Lipinski definition) is 10. The molecule has 0 aromatic rings. The summed E-state index contributed by atoms with van der Waals surface area (Å²) in [5, 5.41) is 57.4. The zero-order valence-corrected chi connectivity index (χ0v) is 59.7. The quantitative estimate of drug-likeness (QED) is 0.0195. The summed E-state index contributed by atoms with van der Waals surface area (Å²) in [5.41, 5.74) is 0. The van der Waals surface area contributed by atoms with Crippen molar-refractivity contribution in [3.63, 3.8) is 0 Å². The number of carbonyl (C=O) groups excluding carboxylic acids is 2. The molecule has 0 spiro atoms. The van der Waals surface area contributed by atoms with E-state index in [1.807, 2.05) is 6.08 Å². The van der Waals surface area contributed by atoms with Crippen LogP contribution in [0.2, 0.25) is 0 Å². The highest BCUT2D eigenvalue weighted by Crippen LogP contribution is 2.27. The number of esters is 1. The van der Waals surface area contributed by atoms with Crippen molar-refractivity contribution in [1.82, 2.24) is 5.32 Å². The van der Waals surface area contributed by atoms with Crippen LogP contribution in [0.5, 0.6) is 0 Å². The SMILES string of the molecule is CC/C=C\C/C=C\C/C=C\C/C=C\C/C=C\CCCCCCCCCCCCC(O)C(=O)NC(COC1OC(CO)C(O)C(O)C1OC(=O)CCCCCCCCCCCCCCCCC/C=C/CCCCCCCC)C(O)/C=C/CCCCCCCCCCCC. The Bertz CT molecular complexity index is 1830. The molecule has 92 heavy (non-hydrogen) atoms. The first-order chi connectivity index (χ1) is 45.2. The first-order valence-corrected chi connectivity index (χ1v) is 38.9. The molecule has 11 nitrogen and oxygen atoms in total. The van der Waals surface area contributed by atoms with Crippen LogP contribution in [0, 0.1) is 0 Å². The van der Waals surface area contributed by atoms with Crippen LogP contribution < -0.4 is 5.32 Å². The van der Waals surface area contributed by atoms with E-state index in [4.69, 9.17) is 14.2 Å². The fraction of sp³-hybridized carbons (Fsp3) is 0.802. The lowest BCUT2D eigenvalue weighted by Gasteiger charge is -2.41. The van der Waals surface area contributed by atoms with Crippen LogP contribution in [0.4, 0.5) is 0 Å². The minimum atomic E-state index is -1.62. The molecule has 1 saturated heterocycles. The standard InChI is InChI=1S/C81H145NO10/c1-4-7-10-13-16-19-22-25-27-29-31-33-35-37-39-40-42-44-46-48-50-53-56-59-62-65-68-74(85)80(89)82-72(73(84)67-64-61-58-55-52-24-21-18-15-12-9-6-3)71-90-81-79(78(88)77(87)75(70-83)91-81)92-76(86)69-66-63-60-57-54-51-49-47-45-43-41-38-36-34-32-30-28-26-23-20-17-14-11-8-5-2/h7,10,16,19,25-28,31,33,37,39,64,67,72-75,77-79,81,83-85,87-88H,4-6,8-9,11-15,17-18,20-24,29-30,32,34-36,38,40-63,65-66,68-71H2,1-3H3,(H,82,89)/b10-7-,19-16-,27-25-,28-26+,33-31-,39-37-,67-64+. The highest BCUT2D eigenvalue weighted by atomic mass is 16.7. The van der Waals surface area contributed by atoms with Crippen LogP contribution in [-0.2, 0) is 23.8 Å². The third-order valence-corrected chi connectivity index (χ3v) is 18.0. The summed E-state index contributed by atoms with van der Waals surface area (Å²) in [7, 11) is 0. The number of hydrogen-bond donors (Lipinski definition) is 6. The van der Waals surface area contributed by atoms with Crippen LogP contribution in [0.25, 0.3) is 0 Å². The molecular weight excluding hydrogens is 1150 g/mol. The maximum Gasteiger partial charge on any atom is 0.306 e. The Kier molecular flexibility index (Phi) is 64.0. The predicted octanol–water partition coefficient (Wildman–Crippen LogP) is 20.8. The topological polar surface area (TPSA) is 175 Å². The summed E-state index contributed by atoms with van der Waals surface area (Å²) in [6.45, 7) is 5.72. The van der Waals surface area contributed by atoms with E-state index >= 15 is 0 Å². The summed E-state index contributed by atoms with van der Waals surface area (Å²) in [6, 6.07) is -1.03. The normalized spacial score (nSPS) is 18.4. The average Bonchev–Trinajstić information content (AvgIpc) is 0.881. The fourth-order valence-corrected chi connectivity index (χ4v) is 12.0. The summed E-state index contributed by atoms with van der Waals surface area (Å²) in [4.78, 5) is 26.8. The first-order valence-electron chi connectivity index (χ1n) is 38.9. The van der Waals surface area contributed by atoms with E-state index in [0.29, 0.717) is 12.8 Å². The first kappa shape index (κ1) is 86.9. The average molecular weight is 1290 g/mol. The van der Waals surface area contributed by atoms with Gasteiger partial charge < -0.3 is 45.1 Å². The number of nitrogens with one attached hydrogen (secondary N) is 1. The molecule has 0 aromatic carbocycles. The van der Waals surface area contributed by atoms with Crippen LogP contribution in [0.15, 0.2) is 85.1 Å². The maximum absolute atomic E-state index is 13.5. The van der Waals surface area contributed by atoms with Crippen molar-refractivity contribution >= 4 is 11.9 Å². The van der Waals surface area contributed by atoms with Gasteiger partial charge in [0.25, 0.3) is 0 Å². The number of amides is 1. The Morgan fingerprint density at radius 3 is 1.18 bits per heavy atom. The molecule has 1 fully saturated rings. The number of allylic oxidation sites excluding steroid dienone is 13. The van der Waals surface area contributed by atoms with Crippen LogP contribution in [0.1, 0.15) is 355 Å². The summed E-state index contributed by atoms with van der Waals surface area (Å²) in [6.07, 6.45) is 80.6. The van der Waals surface area contributed by atoms with Gasteiger partial charge in [-0.1, -0.05) is 337 Å². The number of ether oxygens (including phenoxy) is 3. The van der Waals surface area contributed by atoms with E-state index in [1.54, 1.807) is 6.08 Å². The van der Waals surface area contributed by atoms with Crippen molar-refractivity contribution in [1.29, 1.82) is 0 Å². The van der Waals surface area contributed by atoms with Gasteiger partial charge in [0.15, 0.2) is 12.4 Å². The predicted molar refractivity (Wildman–Crippen MR) is 389 cm³/mol. The van der Waals surface area contributed by atoms with E-state index in [1.165, 1.54) is 212 Å². The van der Waals surface area contributed by atoms with E-state index in [-0.39, 0.29) is 19.4 Å². The Morgan fingerprint density at radius 1 is 0.435 bits per heavy atom. The molecule has 0 saturated carbocycles. The number of unbranched alkanes of at least 4 members (excludes halogenated alkanes) is 41. The molecule has 0 aliphatic carbocycles. The molecule has 6 N–H and O–H groups in total. The molecule has 1 heterocycles. The van der Waals surface area contributed by atoms with Gasteiger partial charge in [0.1, 0.15) is 24.4 Å². The van der Waals surface area contributed by atoms with E-state index in [9.17, 15) is 35.1 Å². The molecule has 1 amide bonds. The summed E-state index contributed by atoms with van der Waals surface area (Å²) in [5.74, 6) is -1.19. The van der Waals surface area contributed by atoms with Crippen LogP contribution in [-0.4, -0.2) is 99.6 Å². The van der Waals surface area contributed by atoms with Gasteiger partial charge in [-0.3, -0.25) is 9.59 Å². The third kappa shape index (κ3) is 54.0. The van der Waals surface area contributed by atoms with Crippen molar-refractivity contribution in [3.05, 3.63) is 85.1 Å². The minimum absolute atomic E-state index is 0.124. The number of aliphatic hydroxyl groups excluding tert-OH is 5. The van der Waals surface area contributed by atoms with Crippen molar-refractivity contribution in [2.24, 2.45) is 0 Å². The highest BCUT2D eigenvalue weighted by molar-refractivity contribution is 5.80. The van der Waals surface area contributed by atoms with Crippen LogP contribution in [0.3, 0.4) is 0 Å². The molecule has 1 aliphatic heterocycles. The monoisotopic (exact) mass is 1290 g/mol. The van der Waals surface area contributed by atoms with Gasteiger partial charge in [-0.2, -0.15) is 0 Å². The summed E-state index contributed by atoms with van der Waals surface area (Å²) >= 11 is 0. The van der Waals surface area contributed by atoms with Crippen molar-refractivity contribution < 1.29 is 49.3 Å². The van der Waals surface area contributed by atoms with Gasteiger partial charge in [-0.15, -0.1) is 0 Å². The van der Waals surface area contributed by atoms with Gasteiger partial charge in [0.2, 0.25) is 5.91 Å². The Labute approximate surface area is 565 Å². The molecule has 0 aromatic heterocycles. The zero-order valence-electron chi connectivity index (χ0n) is 59.7. The van der Waals surface area contributed by atoms with Crippen molar-refractivity contribution in [3.8, 4) is 0 Å². The Hall–Kier alpha value is -3.16. The molecule has 0 radical (unpaired) electrons. The molecule has 1 rings (SSSR count). The van der Waals surface area contributed by atoms with E-state index in [0.717, 1.165) is 96.3 Å². The second-order valence-electron chi connectivity index (χ2n) is 26.7. The number of rotatable bonds is 67. The number of aliphatic hydroxyl groups is 5. The second kappa shape index (κ2) is 67.8. The van der Waals surface area contributed by atoms with E-state index in [2.05, 4.69) is 99.0 Å². The Balaban J connectivity index is 2.51. The molecule has 11 heteroatoms. The molecule has 0 bridgehead atoms. The number of carbonyl (C=O) groups is 2. The van der Waals surface area contributed by atoms with Gasteiger partial charge >= 0.3 is 5.97 Å². The maximum atomic E-state index is 13.5.